The molecule has 1 atom stereocenters. The molecule has 1 unspecified atom stereocenters. The average molecular weight is 421 g/mol. The highest BCUT2D eigenvalue weighted by Crippen LogP contribution is 2.23. The van der Waals surface area contributed by atoms with E-state index in [0.717, 1.165) is 49.6 Å². The molecule has 1 amide bonds. The minimum atomic E-state index is -0.168. The van der Waals surface area contributed by atoms with Crippen LogP contribution in [-0.2, 0) is 6.54 Å². The molecule has 1 aliphatic rings. The van der Waals surface area contributed by atoms with E-state index in [0.29, 0.717) is 5.56 Å². The van der Waals surface area contributed by atoms with Crippen molar-refractivity contribution in [2.24, 2.45) is 0 Å². The van der Waals surface area contributed by atoms with E-state index in [4.69, 9.17) is 9.26 Å². The van der Waals surface area contributed by atoms with Crippen molar-refractivity contribution in [2.75, 3.05) is 20.1 Å². The van der Waals surface area contributed by atoms with E-state index in [-0.39, 0.29) is 18.1 Å². The van der Waals surface area contributed by atoms with Gasteiger partial charge in [-0.15, -0.1) is 0 Å². The van der Waals surface area contributed by atoms with Crippen molar-refractivity contribution in [1.82, 2.24) is 19.9 Å². The first-order chi connectivity index (χ1) is 15.1. The van der Waals surface area contributed by atoms with Crippen LogP contribution >= 0.6 is 0 Å². The summed E-state index contributed by atoms with van der Waals surface area (Å²) in [4.78, 5) is 21.3. The summed E-state index contributed by atoms with van der Waals surface area (Å²) in [6, 6.07) is 15.0. The average Bonchev–Trinajstić information content (AvgIpc) is 3.35. The molecule has 3 heterocycles. The van der Waals surface area contributed by atoms with Gasteiger partial charge in [0.05, 0.1) is 11.7 Å². The summed E-state index contributed by atoms with van der Waals surface area (Å²) >= 11 is 0. The van der Waals surface area contributed by atoms with Gasteiger partial charge in [-0.2, -0.15) is 0 Å². The van der Waals surface area contributed by atoms with E-state index in [2.05, 4.69) is 21.1 Å². The van der Waals surface area contributed by atoms with Crippen LogP contribution in [0, 0.1) is 0 Å². The van der Waals surface area contributed by atoms with E-state index in [1.807, 2.05) is 49.5 Å². The highest BCUT2D eigenvalue weighted by molar-refractivity contribution is 5.94. The first-order valence-electron chi connectivity index (χ1n) is 10.7. The Morgan fingerprint density at radius 2 is 1.97 bits per heavy atom. The van der Waals surface area contributed by atoms with Crippen LogP contribution in [0.5, 0.6) is 5.75 Å². The number of hydrogen-bond acceptors (Lipinski definition) is 6. The summed E-state index contributed by atoms with van der Waals surface area (Å²) in [6.07, 6.45) is 5.50. The fourth-order valence-corrected chi connectivity index (χ4v) is 3.79. The van der Waals surface area contributed by atoms with Gasteiger partial charge in [-0.3, -0.25) is 14.7 Å². The zero-order chi connectivity index (χ0) is 21.6. The lowest BCUT2D eigenvalue weighted by Gasteiger charge is -2.32. The van der Waals surface area contributed by atoms with Crippen LogP contribution in [0.1, 0.15) is 47.6 Å². The van der Waals surface area contributed by atoms with Gasteiger partial charge in [-0.25, -0.2) is 0 Å². The molecule has 0 N–H and O–H groups in total. The molecule has 1 fully saturated rings. The van der Waals surface area contributed by atoms with Crippen LogP contribution in [0.15, 0.2) is 65.5 Å². The summed E-state index contributed by atoms with van der Waals surface area (Å²) in [5, 5.41) is 3.93. The third kappa shape index (κ3) is 5.30. The molecule has 1 aliphatic heterocycles. The number of amides is 1. The number of piperidine rings is 1. The molecule has 1 saturated heterocycles. The molecule has 0 radical (unpaired) electrons. The smallest absolute Gasteiger partial charge is 0.254 e. The SMILES string of the molecule is CC(c1ccon1)N(C)C(=O)c1ccc(OC2CCN(Cc3ccccn3)CC2)cc1. The Hall–Kier alpha value is -3.19. The van der Waals surface area contributed by atoms with E-state index in [9.17, 15) is 4.79 Å². The lowest BCUT2D eigenvalue weighted by Crippen LogP contribution is -2.38. The third-order valence-electron chi connectivity index (χ3n) is 5.84. The predicted molar refractivity (Wildman–Crippen MR) is 117 cm³/mol. The van der Waals surface area contributed by atoms with Crippen LogP contribution in [0.4, 0.5) is 0 Å². The number of likely N-dealkylation sites (tertiary alicyclic amines) is 1. The van der Waals surface area contributed by atoms with Crippen LogP contribution in [0.2, 0.25) is 0 Å². The number of pyridine rings is 1. The molecule has 162 valence electrons. The maximum absolute atomic E-state index is 12.8. The number of benzene rings is 1. The first kappa shape index (κ1) is 21.1. The summed E-state index contributed by atoms with van der Waals surface area (Å²) in [7, 11) is 1.77. The Labute approximate surface area is 182 Å². The predicted octanol–water partition coefficient (Wildman–Crippen LogP) is 3.95. The second-order valence-corrected chi connectivity index (χ2v) is 7.96. The van der Waals surface area contributed by atoms with Gasteiger partial charge in [-0.1, -0.05) is 11.2 Å². The summed E-state index contributed by atoms with van der Waals surface area (Å²) < 4.78 is 11.1. The zero-order valence-electron chi connectivity index (χ0n) is 18.0. The topological polar surface area (TPSA) is 71.7 Å². The lowest BCUT2D eigenvalue weighted by atomic mass is 10.1. The Balaban J connectivity index is 1.27. The zero-order valence-corrected chi connectivity index (χ0v) is 18.0. The van der Waals surface area contributed by atoms with Crippen molar-refractivity contribution in [3.8, 4) is 5.75 Å². The molecule has 0 aliphatic carbocycles. The fraction of sp³-hybridized carbons (Fsp3) is 0.375. The standard InChI is InChI=1S/C24H28N4O3/c1-18(23-12-16-30-26-23)27(2)24(29)19-6-8-21(9-7-19)31-22-10-14-28(15-11-22)17-20-5-3-4-13-25-20/h3-9,12-13,16,18,22H,10-11,14-15,17H2,1-2H3. The Morgan fingerprint density at radius 3 is 2.61 bits per heavy atom. The second kappa shape index (κ2) is 9.75. The normalized spacial score (nSPS) is 16.1. The van der Waals surface area contributed by atoms with E-state index in [1.165, 1.54) is 6.26 Å². The van der Waals surface area contributed by atoms with Crippen molar-refractivity contribution >= 4 is 5.91 Å². The van der Waals surface area contributed by atoms with Gasteiger partial charge >= 0.3 is 0 Å². The molecule has 2 aromatic heterocycles. The number of carbonyl (C=O) groups is 1. The number of carbonyl (C=O) groups excluding carboxylic acids is 1. The van der Waals surface area contributed by atoms with Crippen LogP contribution in [0.25, 0.3) is 0 Å². The molecule has 1 aromatic carbocycles. The van der Waals surface area contributed by atoms with Crippen LogP contribution in [0.3, 0.4) is 0 Å². The number of rotatable bonds is 7. The number of ether oxygens (including phenoxy) is 1. The minimum absolute atomic E-state index is 0.0649. The van der Waals surface area contributed by atoms with E-state index >= 15 is 0 Å². The van der Waals surface area contributed by atoms with Gasteiger partial charge in [0.2, 0.25) is 0 Å². The highest BCUT2D eigenvalue weighted by atomic mass is 16.5. The lowest BCUT2D eigenvalue weighted by molar-refractivity contribution is 0.0737. The van der Waals surface area contributed by atoms with Gasteiger partial charge in [0.1, 0.15) is 23.8 Å². The van der Waals surface area contributed by atoms with Crippen molar-refractivity contribution in [1.29, 1.82) is 0 Å². The summed E-state index contributed by atoms with van der Waals surface area (Å²) in [6.45, 7) is 4.78. The highest BCUT2D eigenvalue weighted by Gasteiger charge is 2.22. The molecule has 0 bridgehead atoms. The molecule has 7 nitrogen and oxygen atoms in total. The monoisotopic (exact) mass is 420 g/mol. The Kier molecular flexibility index (Phi) is 6.62. The van der Waals surface area contributed by atoms with Gasteiger partial charge in [0, 0.05) is 44.5 Å². The molecule has 0 saturated carbocycles. The summed E-state index contributed by atoms with van der Waals surface area (Å²) in [5.74, 6) is 0.733. The first-order valence-corrected chi connectivity index (χ1v) is 10.7. The van der Waals surface area contributed by atoms with Crippen molar-refractivity contribution < 1.29 is 14.1 Å². The van der Waals surface area contributed by atoms with E-state index < -0.39 is 0 Å². The van der Waals surface area contributed by atoms with Gasteiger partial charge in [-0.05, 0) is 56.2 Å². The maximum atomic E-state index is 12.8. The van der Waals surface area contributed by atoms with Gasteiger partial charge in [0.25, 0.3) is 5.91 Å². The maximum Gasteiger partial charge on any atom is 0.254 e. The Morgan fingerprint density at radius 1 is 1.19 bits per heavy atom. The van der Waals surface area contributed by atoms with Crippen LogP contribution in [-0.4, -0.2) is 52.1 Å². The van der Waals surface area contributed by atoms with Crippen molar-refractivity contribution in [2.45, 2.75) is 38.5 Å². The Bertz CT molecular complexity index is 952. The quantitative estimate of drug-likeness (QED) is 0.576. The van der Waals surface area contributed by atoms with Crippen LogP contribution < -0.4 is 4.74 Å². The van der Waals surface area contributed by atoms with Crippen molar-refractivity contribution in [3.05, 3.63) is 77.9 Å². The molecule has 4 rings (SSSR count). The van der Waals surface area contributed by atoms with Crippen molar-refractivity contribution in [3.63, 3.8) is 0 Å². The molecular weight excluding hydrogens is 392 g/mol. The molecule has 3 aromatic rings. The fourth-order valence-electron chi connectivity index (χ4n) is 3.79. The second-order valence-electron chi connectivity index (χ2n) is 7.96. The minimum Gasteiger partial charge on any atom is -0.490 e. The van der Waals surface area contributed by atoms with E-state index in [1.54, 1.807) is 18.0 Å². The van der Waals surface area contributed by atoms with Gasteiger partial charge < -0.3 is 14.2 Å². The van der Waals surface area contributed by atoms with Gasteiger partial charge in [0.15, 0.2) is 0 Å². The molecule has 0 spiro atoms. The largest absolute Gasteiger partial charge is 0.490 e. The summed E-state index contributed by atoms with van der Waals surface area (Å²) in [5.41, 5.74) is 2.45. The number of hydrogen-bond donors (Lipinski definition) is 0. The molecule has 31 heavy (non-hydrogen) atoms. The molecular formula is C24H28N4O3. The third-order valence-corrected chi connectivity index (χ3v) is 5.84. The molecule has 7 heteroatoms. The number of nitrogens with zero attached hydrogens (tertiary/aromatic N) is 4. The number of aromatic nitrogens is 2.